The highest BCUT2D eigenvalue weighted by Gasteiger charge is 2.15. The summed E-state index contributed by atoms with van der Waals surface area (Å²) in [7, 11) is 1.28. The molecule has 1 heterocycles. The molecule has 0 aliphatic heterocycles. The van der Waals surface area contributed by atoms with Crippen molar-refractivity contribution in [3.8, 4) is 11.3 Å². The van der Waals surface area contributed by atoms with Crippen molar-refractivity contribution in [2.75, 3.05) is 7.11 Å². The molecule has 1 aromatic heterocycles. The highest BCUT2D eigenvalue weighted by atomic mass is 35.5. The third-order valence-electron chi connectivity index (χ3n) is 2.63. The van der Waals surface area contributed by atoms with E-state index in [1.165, 1.54) is 7.11 Å². The first-order valence-electron chi connectivity index (χ1n) is 5.54. The zero-order chi connectivity index (χ0) is 14.0. The zero-order valence-corrected chi connectivity index (χ0v) is 11.9. The van der Waals surface area contributed by atoms with E-state index >= 15 is 0 Å². The zero-order valence-electron chi connectivity index (χ0n) is 10.4. The first kappa shape index (κ1) is 13.8. The van der Waals surface area contributed by atoms with Crippen LogP contribution in [0.3, 0.4) is 0 Å². The highest BCUT2D eigenvalue weighted by Crippen LogP contribution is 2.29. The summed E-state index contributed by atoms with van der Waals surface area (Å²) in [6, 6.07) is 8.94. The third kappa shape index (κ3) is 2.88. The van der Waals surface area contributed by atoms with Gasteiger partial charge in [0.25, 0.3) is 0 Å². The number of carbonyl (C=O) groups excluding carboxylic acids is 1. The maximum Gasteiger partial charge on any atom is 0.358 e. The molecule has 2 aromatic rings. The summed E-state index contributed by atoms with van der Waals surface area (Å²) in [5, 5.41) is 0.824. The summed E-state index contributed by atoms with van der Waals surface area (Å²) in [6.07, 6.45) is 0. The molecule has 0 fully saturated rings. The third-order valence-corrected chi connectivity index (χ3v) is 3.24. The van der Waals surface area contributed by atoms with E-state index in [4.69, 9.17) is 23.2 Å². The Morgan fingerprint density at radius 1 is 1.16 bits per heavy atom. The van der Waals surface area contributed by atoms with E-state index in [2.05, 4.69) is 9.72 Å². The number of ether oxygens (including phenoxy) is 1. The fourth-order valence-corrected chi connectivity index (χ4v) is 2.17. The van der Waals surface area contributed by atoms with Gasteiger partial charge >= 0.3 is 5.97 Å². The Morgan fingerprint density at radius 3 is 2.53 bits per heavy atom. The number of nitrogens with zero attached hydrogens (tertiary/aromatic N) is 1. The molecule has 0 unspecified atom stereocenters. The van der Waals surface area contributed by atoms with Crippen LogP contribution in [0.2, 0.25) is 10.0 Å². The van der Waals surface area contributed by atoms with Gasteiger partial charge in [0, 0.05) is 5.56 Å². The van der Waals surface area contributed by atoms with Gasteiger partial charge in [0.15, 0.2) is 5.69 Å². The van der Waals surface area contributed by atoms with Gasteiger partial charge in [-0.1, -0.05) is 35.3 Å². The number of hydrogen-bond donors (Lipinski definition) is 0. The Balaban J connectivity index is 2.54. The molecule has 0 N–H and O–H groups in total. The Labute approximate surface area is 121 Å². The van der Waals surface area contributed by atoms with Gasteiger partial charge in [0.1, 0.15) is 0 Å². The minimum Gasteiger partial charge on any atom is -0.464 e. The lowest BCUT2D eigenvalue weighted by atomic mass is 10.1. The van der Waals surface area contributed by atoms with Crippen LogP contribution in [-0.4, -0.2) is 18.1 Å². The van der Waals surface area contributed by atoms with E-state index in [1.807, 2.05) is 25.1 Å². The topological polar surface area (TPSA) is 39.2 Å². The van der Waals surface area contributed by atoms with Gasteiger partial charge < -0.3 is 4.74 Å². The molecule has 1 aromatic carbocycles. The molecule has 0 saturated carbocycles. The highest BCUT2D eigenvalue weighted by molar-refractivity contribution is 6.34. The van der Waals surface area contributed by atoms with Crippen molar-refractivity contribution < 1.29 is 9.53 Å². The molecule has 0 aliphatic rings. The molecule has 5 heteroatoms. The Hall–Kier alpha value is -1.58. The molecule has 0 aliphatic carbocycles. The first-order chi connectivity index (χ1) is 9.02. The van der Waals surface area contributed by atoms with E-state index in [9.17, 15) is 4.79 Å². The van der Waals surface area contributed by atoms with E-state index in [0.717, 1.165) is 11.1 Å². The van der Waals surface area contributed by atoms with Crippen LogP contribution in [0.1, 0.15) is 16.1 Å². The number of aromatic nitrogens is 1. The second-order valence-electron chi connectivity index (χ2n) is 4.00. The lowest BCUT2D eigenvalue weighted by Gasteiger charge is -2.07. The fourth-order valence-electron chi connectivity index (χ4n) is 1.66. The second-order valence-corrected chi connectivity index (χ2v) is 4.82. The van der Waals surface area contributed by atoms with Crippen LogP contribution in [0.4, 0.5) is 0 Å². The Bertz CT molecular complexity index is 641. The van der Waals surface area contributed by atoms with Crippen molar-refractivity contribution in [3.63, 3.8) is 0 Å². The predicted molar refractivity (Wildman–Crippen MR) is 75.8 cm³/mol. The quantitative estimate of drug-likeness (QED) is 0.781. The summed E-state index contributed by atoms with van der Waals surface area (Å²) < 4.78 is 4.64. The molecule has 19 heavy (non-hydrogen) atoms. The SMILES string of the molecule is COC(=O)c1nc(-c2ccc(C)cc2Cl)ccc1Cl. The van der Waals surface area contributed by atoms with E-state index in [-0.39, 0.29) is 10.7 Å². The smallest absolute Gasteiger partial charge is 0.358 e. The summed E-state index contributed by atoms with van der Waals surface area (Å²) in [6.45, 7) is 1.95. The minimum absolute atomic E-state index is 0.0818. The van der Waals surface area contributed by atoms with Crippen molar-refractivity contribution in [3.05, 3.63) is 51.6 Å². The van der Waals surface area contributed by atoms with Gasteiger partial charge in [-0.2, -0.15) is 0 Å². The number of aryl methyl sites for hydroxylation is 1. The molecule has 0 amide bonds. The van der Waals surface area contributed by atoms with Crippen molar-refractivity contribution in [1.82, 2.24) is 4.98 Å². The molecular weight excluding hydrogens is 285 g/mol. The summed E-state index contributed by atoms with van der Waals surface area (Å²) in [5.74, 6) is -0.574. The molecule has 2 rings (SSSR count). The minimum atomic E-state index is -0.574. The number of carbonyl (C=O) groups is 1. The van der Waals surface area contributed by atoms with Gasteiger partial charge in [-0.3, -0.25) is 0 Å². The largest absolute Gasteiger partial charge is 0.464 e. The summed E-state index contributed by atoms with van der Waals surface area (Å²) in [4.78, 5) is 15.8. The van der Waals surface area contributed by atoms with Crippen LogP contribution >= 0.6 is 23.2 Å². The molecule has 0 saturated heterocycles. The maximum absolute atomic E-state index is 11.6. The van der Waals surface area contributed by atoms with Crippen LogP contribution in [0, 0.1) is 6.92 Å². The number of rotatable bonds is 2. The standard InChI is InChI=1S/C14H11Cl2NO2/c1-8-3-4-9(11(16)7-8)12-6-5-10(15)13(17-12)14(18)19-2/h3-7H,1-2H3. The fraction of sp³-hybridized carbons (Fsp3) is 0.143. The number of halogens is 2. The summed E-state index contributed by atoms with van der Waals surface area (Å²) in [5.41, 5.74) is 2.46. The number of pyridine rings is 1. The molecular formula is C14H11Cl2NO2. The lowest BCUT2D eigenvalue weighted by molar-refractivity contribution is 0.0594. The van der Waals surface area contributed by atoms with Gasteiger partial charge in [0.2, 0.25) is 0 Å². The molecule has 98 valence electrons. The normalized spacial score (nSPS) is 10.3. The first-order valence-corrected chi connectivity index (χ1v) is 6.30. The monoisotopic (exact) mass is 295 g/mol. The van der Waals surface area contributed by atoms with Crippen LogP contribution in [-0.2, 0) is 4.74 Å². The predicted octanol–water partition coefficient (Wildman–Crippen LogP) is 4.15. The molecule has 0 radical (unpaired) electrons. The van der Waals surface area contributed by atoms with Crippen LogP contribution in [0.5, 0.6) is 0 Å². The average molecular weight is 296 g/mol. The summed E-state index contributed by atoms with van der Waals surface area (Å²) >= 11 is 12.1. The molecule has 0 spiro atoms. The van der Waals surface area contributed by atoms with E-state index in [1.54, 1.807) is 12.1 Å². The van der Waals surface area contributed by atoms with E-state index < -0.39 is 5.97 Å². The van der Waals surface area contributed by atoms with Crippen molar-refractivity contribution in [1.29, 1.82) is 0 Å². The maximum atomic E-state index is 11.6. The molecule has 0 atom stereocenters. The van der Waals surface area contributed by atoms with Gasteiger partial charge in [0.05, 0.1) is 22.8 Å². The van der Waals surface area contributed by atoms with Crippen LogP contribution in [0.15, 0.2) is 30.3 Å². The Kier molecular flexibility index (Phi) is 4.08. The van der Waals surface area contributed by atoms with Gasteiger partial charge in [-0.15, -0.1) is 0 Å². The molecule has 0 bridgehead atoms. The average Bonchev–Trinajstić information content (AvgIpc) is 2.39. The van der Waals surface area contributed by atoms with Gasteiger partial charge in [-0.05, 0) is 30.7 Å². The second kappa shape index (κ2) is 5.59. The number of esters is 1. The van der Waals surface area contributed by atoms with E-state index in [0.29, 0.717) is 10.7 Å². The molecule has 3 nitrogen and oxygen atoms in total. The van der Waals surface area contributed by atoms with Crippen molar-refractivity contribution in [2.45, 2.75) is 6.92 Å². The number of benzene rings is 1. The number of hydrogen-bond acceptors (Lipinski definition) is 3. The lowest BCUT2D eigenvalue weighted by Crippen LogP contribution is -2.06. The van der Waals surface area contributed by atoms with Crippen LogP contribution < -0.4 is 0 Å². The van der Waals surface area contributed by atoms with Crippen molar-refractivity contribution >= 4 is 29.2 Å². The number of methoxy groups -OCH3 is 1. The Morgan fingerprint density at radius 2 is 1.89 bits per heavy atom. The van der Waals surface area contributed by atoms with Crippen LogP contribution in [0.25, 0.3) is 11.3 Å². The van der Waals surface area contributed by atoms with Crippen molar-refractivity contribution in [2.24, 2.45) is 0 Å². The van der Waals surface area contributed by atoms with Gasteiger partial charge in [-0.25, -0.2) is 9.78 Å².